The van der Waals surface area contributed by atoms with Crippen molar-refractivity contribution in [2.75, 3.05) is 6.61 Å². The summed E-state index contributed by atoms with van der Waals surface area (Å²) in [5.74, 6) is 1.64. The second kappa shape index (κ2) is 5.93. The second-order valence-electron chi connectivity index (χ2n) is 4.98. The normalized spacial score (nSPS) is 27.3. The Morgan fingerprint density at radius 2 is 2.16 bits per heavy atom. The summed E-state index contributed by atoms with van der Waals surface area (Å²) < 4.78 is 5.60. The summed E-state index contributed by atoms with van der Waals surface area (Å²) in [4.78, 5) is 22.6. The lowest BCUT2D eigenvalue weighted by Gasteiger charge is -2.21. The Kier molecular flexibility index (Phi) is 4.27. The molecule has 1 aliphatic carbocycles. The molecule has 19 heavy (non-hydrogen) atoms. The number of aliphatic carboxylic acids is 1. The van der Waals surface area contributed by atoms with Gasteiger partial charge in [-0.1, -0.05) is 0 Å². The Bertz CT molecular complexity index is 400. The van der Waals surface area contributed by atoms with Crippen LogP contribution in [0.2, 0.25) is 0 Å². The third-order valence-electron chi connectivity index (χ3n) is 3.46. The van der Waals surface area contributed by atoms with E-state index in [0.29, 0.717) is 12.5 Å². The Labute approximate surface area is 111 Å². The molecule has 1 aliphatic heterocycles. The van der Waals surface area contributed by atoms with Gasteiger partial charge in [0, 0.05) is 13.0 Å². The Hall–Kier alpha value is -1.74. The second-order valence-corrected chi connectivity index (χ2v) is 4.98. The largest absolute Gasteiger partial charge is 0.480 e. The monoisotopic (exact) mass is 266 g/mol. The van der Waals surface area contributed by atoms with Crippen LogP contribution >= 0.6 is 0 Å². The zero-order valence-electron chi connectivity index (χ0n) is 10.6. The number of hydrogen-bond acceptors (Lipinski definition) is 3. The van der Waals surface area contributed by atoms with Crippen molar-refractivity contribution in [1.82, 2.24) is 10.6 Å². The first-order valence-electron chi connectivity index (χ1n) is 6.46. The van der Waals surface area contributed by atoms with Gasteiger partial charge in [-0.05, 0) is 25.2 Å². The molecular weight excluding hydrogens is 248 g/mol. The quantitative estimate of drug-likeness (QED) is 0.626. The van der Waals surface area contributed by atoms with Crippen LogP contribution in [0.25, 0.3) is 0 Å². The molecule has 0 aromatic heterocycles. The van der Waals surface area contributed by atoms with E-state index in [-0.39, 0.29) is 18.6 Å². The van der Waals surface area contributed by atoms with Gasteiger partial charge in [-0.3, -0.25) is 0 Å². The standard InChI is InChI=1S/C13H18N2O4/c1-2-3-10(12(16)17)15-13(18)14-9-6-7-19-11(9)8-4-5-8/h1,8-11H,3-7H2,(H,16,17)(H2,14,15,18). The van der Waals surface area contributed by atoms with Crippen LogP contribution in [0, 0.1) is 18.3 Å². The van der Waals surface area contributed by atoms with Gasteiger partial charge in [0.05, 0.1) is 12.1 Å². The van der Waals surface area contributed by atoms with Gasteiger partial charge in [0.25, 0.3) is 0 Å². The van der Waals surface area contributed by atoms with Crippen molar-refractivity contribution in [2.24, 2.45) is 5.92 Å². The van der Waals surface area contributed by atoms with Gasteiger partial charge < -0.3 is 20.5 Å². The molecule has 104 valence electrons. The van der Waals surface area contributed by atoms with Crippen LogP contribution in [0.3, 0.4) is 0 Å². The van der Waals surface area contributed by atoms with Gasteiger partial charge in [-0.25, -0.2) is 9.59 Å². The molecule has 3 unspecified atom stereocenters. The van der Waals surface area contributed by atoms with Gasteiger partial charge in [0.2, 0.25) is 0 Å². The number of terminal acetylenes is 1. The molecule has 1 saturated carbocycles. The number of rotatable bonds is 5. The maximum Gasteiger partial charge on any atom is 0.327 e. The van der Waals surface area contributed by atoms with Gasteiger partial charge in [0.15, 0.2) is 0 Å². The minimum absolute atomic E-state index is 0.0318. The number of amides is 2. The average molecular weight is 266 g/mol. The lowest BCUT2D eigenvalue weighted by Crippen LogP contribution is -2.51. The number of nitrogens with one attached hydrogen (secondary N) is 2. The molecule has 6 heteroatoms. The molecule has 1 saturated heterocycles. The number of carbonyl (C=O) groups excluding carboxylic acids is 1. The van der Waals surface area contributed by atoms with Gasteiger partial charge in [0.1, 0.15) is 6.04 Å². The summed E-state index contributed by atoms with van der Waals surface area (Å²) in [5, 5.41) is 14.1. The van der Waals surface area contributed by atoms with E-state index in [4.69, 9.17) is 16.3 Å². The minimum atomic E-state index is -1.13. The van der Waals surface area contributed by atoms with Crippen LogP contribution in [-0.4, -0.2) is 41.9 Å². The molecule has 6 nitrogen and oxygen atoms in total. The van der Waals surface area contributed by atoms with Crippen molar-refractivity contribution in [1.29, 1.82) is 0 Å². The van der Waals surface area contributed by atoms with Crippen molar-refractivity contribution in [3.05, 3.63) is 0 Å². The highest BCUT2D eigenvalue weighted by Gasteiger charge is 2.41. The lowest BCUT2D eigenvalue weighted by molar-refractivity contribution is -0.139. The van der Waals surface area contributed by atoms with E-state index in [1.165, 1.54) is 0 Å². The van der Waals surface area contributed by atoms with Crippen molar-refractivity contribution < 1.29 is 19.4 Å². The lowest BCUT2D eigenvalue weighted by atomic mass is 10.1. The summed E-state index contributed by atoms with van der Waals surface area (Å²) in [6.07, 6.45) is 8.15. The Morgan fingerprint density at radius 1 is 1.42 bits per heavy atom. The fourth-order valence-electron chi connectivity index (χ4n) is 2.34. The Morgan fingerprint density at radius 3 is 2.74 bits per heavy atom. The molecule has 0 radical (unpaired) electrons. The zero-order chi connectivity index (χ0) is 13.8. The zero-order valence-corrected chi connectivity index (χ0v) is 10.6. The third kappa shape index (κ3) is 3.61. The van der Waals surface area contributed by atoms with Crippen molar-refractivity contribution in [2.45, 2.75) is 43.9 Å². The smallest absolute Gasteiger partial charge is 0.327 e. The van der Waals surface area contributed by atoms with Crippen molar-refractivity contribution in [3.8, 4) is 12.3 Å². The Balaban J connectivity index is 1.83. The molecule has 2 amide bonds. The summed E-state index contributed by atoms with van der Waals surface area (Å²) >= 11 is 0. The molecule has 2 rings (SSSR count). The van der Waals surface area contributed by atoms with E-state index < -0.39 is 18.0 Å². The maximum atomic E-state index is 11.8. The average Bonchev–Trinajstić information content (AvgIpc) is 3.10. The van der Waals surface area contributed by atoms with E-state index in [1.54, 1.807) is 0 Å². The molecule has 3 N–H and O–H groups in total. The fraction of sp³-hybridized carbons (Fsp3) is 0.692. The predicted octanol–water partition coefficient (Wildman–Crippen LogP) is 0.330. The van der Waals surface area contributed by atoms with Crippen molar-refractivity contribution >= 4 is 12.0 Å². The van der Waals surface area contributed by atoms with Crippen LogP contribution in [-0.2, 0) is 9.53 Å². The SMILES string of the molecule is C#CCC(NC(=O)NC1CCOC1C1CC1)C(=O)O. The van der Waals surface area contributed by atoms with Crippen LogP contribution in [0.15, 0.2) is 0 Å². The molecule has 2 fully saturated rings. The fourth-order valence-corrected chi connectivity index (χ4v) is 2.34. The number of carboxylic acid groups (broad SMARTS) is 1. The highest BCUT2D eigenvalue weighted by molar-refractivity contribution is 5.82. The van der Waals surface area contributed by atoms with Crippen LogP contribution < -0.4 is 10.6 Å². The molecule has 0 aromatic rings. The third-order valence-corrected chi connectivity index (χ3v) is 3.46. The van der Waals surface area contributed by atoms with E-state index in [9.17, 15) is 9.59 Å². The molecule has 0 aromatic carbocycles. The van der Waals surface area contributed by atoms with Crippen LogP contribution in [0.4, 0.5) is 4.79 Å². The molecule has 2 aliphatic rings. The van der Waals surface area contributed by atoms with E-state index in [1.807, 2.05) is 0 Å². The highest BCUT2D eigenvalue weighted by atomic mass is 16.5. The molecule has 3 atom stereocenters. The highest BCUT2D eigenvalue weighted by Crippen LogP contribution is 2.38. The number of carbonyl (C=O) groups is 2. The van der Waals surface area contributed by atoms with E-state index in [2.05, 4.69) is 16.6 Å². The number of ether oxygens (including phenoxy) is 1. The van der Waals surface area contributed by atoms with Crippen molar-refractivity contribution in [3.63, 3.8) is 0 Å². The first-order chi connectivity index (χ1) is 9.11. The topological polar surface area (TPSA) is 87.7 Å². The van der Waals surface area contributed by atoms with Gasteiger partial charge in [-0.2, -0.15) is 0 Å². The van der Waals surface area contributed by atoms with Crippen LogP contribution in [0.5, 0.6) is 0 Å². The number of carboxylic acids is 1. The summed E-state index contributed by atoms with van der Waals surface area (Å²) in [5.41, 5.74) is 0. The summed E-state index contributed by atoms with van der Waals surface area (Å²) in [6, 6.07) is -1.58. The maximum absolute atomic E-state index is 11.8. The molecule has 0 bridgehead atoms. The van der Waals surface area contributed by atoms with Gasteiger partial charge >= 0.3 is 12.0 Å². The number of hydrogen-bond donors (Lipinski definition) is 3. The molecule has 0 spiro atoms. The first kappa shape index (κ1) is 13.7. The summed E-state index contributed by atoms with van der Waals surface area (Å²) in [6.45, 7) is 0.638. The van der Waals surface area contributed by atoms with E-state index >= 15 is 0 Å². The summed E-state index contributed by atoms with van der Waals surface area (Å²) in [7, 11) is 0. The number of urea groups is 1. The van der Waals surface area contributed by atoms with E-state index in [0.717, 1.165) is 19.3 Å². The molecular formula is C13H18N2O4. The first-order valence-corrected chi connectivity index (χ1v) is 6.46. The van der Waals surface area contributed by atoms with Crippen LogP contribution in [0.1, 0.15) is 25.7 Å². The molecule has 1 heterocycles. The van der Waals surface area contributed by atoms with Gasteiger partial charge in [-0.15, -0.1) is 12.3 Å². The predicted molar refractivity (Wildman–Crippen MR) is 67.4 cm³/mol. The minimum Gasteiger partial charge on any atom is -0.480 e.